The summed E-state index contributed by atoms with van der Waals surface area (Å²) in [5.74, 6) is 0.422. The van der Waals surface area contributed by atoms with Crippen molar-refractivity contribution in [2.24, 2.45) is 5.73 Å². The van der Waals surface area contributed by atoms with Gasteiger partial charge in [-0.3, -0.25) is 9.59 Å². The maximum atomic E-state index is 12.8. The van der Waals surface area contributed by atoms with E-state index in [2.05, 4.69) is 4.98 Å². The normalized spacial score (nSPS) is 16.4. The SMILES string of the molecule is NC(=O)c1[nH]c([C@H]2CCCN(C(=O)CCc3ccccc3)C2)nc1-c1ccccc1. The third-order valence-electron chi connectivity index (χ3n) is 5.65. The molecular formula is C24H26N4O2. The summed E-state index contributed by atoms with van der Waals surface area (Å²) in [6.07, 6.45) is 3.07. The quantitative estimate of drug-likeness (QED) is 0.661. The van der Waals surface area contributed by atoms with Crippen molar-refractivity contribution in [3.05, 3.63) is 77.7 Å². The Kier molecular flexibility index (Phi) is 5.93. The third kappa shape index (κ3) is 4.43. The Morgan fingerprint density at radius 2 is 1.77 bits per heavy atom. The van der Waals surface area contributed by atoms with Gasteiger partial charge in [0.15, 0.2) is 0 Å². The molecule has 0 aliphatic carbocycles. The van der Waals surface area contributed by atoms with Crippen LogP contribution in [0.2, 0.25) is 0 Å². The Bertz CT molecular complexity index is 1010. The standard InChI is InChI=1S/C24H26N4O2/c25-23(30)22-21(18-10-5-2-6-11-18)26-24(27-22)19-12-7-15-28(16-19)20(29)14-13-17-8-3-1-4-9-17/h1-6,8-11,19H,7,12-16H2,(H2,25,30)(H,26,27)/t19-/m0/s1. The molecule has 1 saturated heterocycles. The van der Waals surface area contributed by atoms with Crippen LogP contribution in [-0.2, 0) is 11.2 Å². The second kappa shape index (κ2) is 8.95. The molecule has 3 N–H and O–H groups in total. The van der Waals surface area contributed by atoms with Crippen LogP contribution < -0.4 is 5.73 Å². The van der Waals surface area contributed by atoms with Gasteiger partial charge in [0.2, 0.25) is 5.91 Å². The summed E-state index contributed by atoms with van der Waals surface area (Å²) >= 11 is 0. The van der Waals surface area contributed by atoms with E-state index >= 15 is 0 Å². The molecule has 1 aliphatic rings. The Balaban J connectivity index is 1.48. The van der Waals surface area contributed by atoms with Gasteiger partial charge in [0.1, 0.15) is 17.2 Å². The van der Waals surface area contributed by atoms with Crippen molar-refractivity contribution in [2.75, 3.05) is 13.1 Å². The number of amides is 2. The van der Waals surface area contributed by atoms with Gasteiger partial charge in [-0.25, -0.2) is 4.98 Å². The van der Waals surface area contributed by atoms with Crippen LogP contribution in [0.4, 0.5) is 0 Å². The number of hydrogen-bond donors (Lipinski definition) is 2. The molecule has 0 radical (unpaired) electrons. The second-order valence-corrected chi connectivity index (χ2v) is 7.74. The molecular weight excluding hydrogens is 376 g/mol. The molecule has 0 bridgehead atoms. The lowest BCUT2D eigenvalue weighted by atomic mass is 9.96. The number of carbonyl (C=O) groups excluding carboxylic acids is 2. The van der Waals surface area contributed by atoms with Gasteiger partial charge >= 0.3 is 0 Å². The van der Waals surface area contributed by atoms with E-state index in [-0.39, 0.29) is 11.8 Å². The Morgan fingerprint density at radius 3 is 2.47 bits per heavy atom. The lowest BCUT2D eigenvalue weighted by Crippen LogP contribution is -2.39. The predicted octanol–water partition coefficient (Wildman–Crippen LogP) is 3.51. The first-order chi connectivity index (χ1) is 14.6. The smallest absolute Gasteiger partial charge is 0.267 e. The second-order valence-electron chi connectivity index (χ2n) is 7.74. The zero-order valence-electron chi connectivity index (χ0n) is 16.9. The molecule has 0 saturated carbocycles. The highest BCUT2D eigenvalue weighted by Crippen LogP contribution is 2.29. The maximum absolute atomic E-state index is 12.8. The molecule has 30 heavy (non-hydrogen) atoms. The highest BCUT2D eigenvalue weighted by atomic mass is 16.2. The van der Waals surface area contributed by atoms with E-state index in [4.69, 9.17) is 10.7 Å². The minimum absolute atomic E-state index is 0.0648. The molecule has 2 aromatic carbocycles. The van der Waals surface area contributed by atoms with Gasteiger partial charge in [0, 0.05) is 31.0 Å². The van der Waals surface area contributed by atoms with Crippen LogP contribution in [0, 0.1) is 0 Å². The van der Waals surface area contributed by atoms with Gasteiger partial charge < -0.3 is 15.6 Å². The summed E-state index contributed by atoms with van der Waals surface area (Å²) in [6.45, 7) is 1.37. The van der Waals surface area contributed by atoms with Gasteiger partial charge in [0.05, 0.1) is 0 Å². The number of hydrogen-bond acceptors (Lipinski definition) is 3. The van der Waals surface area contributed by atoms with Crippen molar-refractivity contribution in [2.45, 2.75) is 31.6 Å². The van der Waals surface area contributed by atoms with Crippen molar-refractivity contribution in [3.63, 3.8) is 0 Å². The lowest BCUT2D eigenvalue weighted by Gasteiger charge is -2.32. The van der Waals surface area contributed by atoms with Crippen LogP contribution >= 0.6 is 0 Å². The van der Waals surface area contributed by atoms with E-state index in [1.165, 1.54) is 5.56 Å². The fourth-order valence-corrected chi connectivity index (χ4v) is 4.05. The molecule has 1 fully saturated rings. The van der Waals surface area contributed by atoms with Crippen LogP contribution in [0.5, 0.6) is 0 Å². The highest BCUT2D eigenvalue weighted by Gasteiger charge is 2.28. The summed E-state index contributed by atoms with van der Waals surface area (Å²) in [7, 11) is 0. The zero-order valence-corrected chi connectivity index (χ0v) is 16.9. The number of aryl methyl sites for hydroxylation is 1. The van der Waals surface area contributed by atoms with Crippen LogP contribution in [0.1, 0.15) is 47.1 Å². The van der Waals surface area contributed by atoms with Crippen LogP contribution in [0.15, 0.2) is 60.7 Å². The molecule has 6 heteroatoms. The summed E-state index contributed by atoms with van der Waals surface area (Å²) in [4.78, 5) is 34.5. The van der Waals surface area contributed by atoms with Crippen molar-refractivity contribution in [1.82, 2.24) is 14.9 Å². The van der Waals surface area contributed by atoms with Crippen molar-refractivity contribution in [3.8, 4) is 11.3 Å². The van der Waals surface area contributed by atoms with Crippen LogP contribution in [0.25, 0.3) is 11.3 Å². The number of H-pyrrole nitrogens is 1. The number of nitrogens with one attached hydrogen (secondary N) is 1. The molecule has 154 valence electrons. The minimum Gasteiger partial charge on any atom is -0.364 e. The zero-order chi connectivity index (χ0) is 20.9. The van der Waals surface area contributed by atoms with Gasteiger partial charge in [-0.2, -0.15) is 0 Å². The fourth-order valence-electron chi connectivity index (χ4n) is 4.05. The van der Waals surface area contributed by atoms with E-state index in [9.17, 15) is 9.59 Å². The third-order valence-corrected chi connectivity index (χ3v) is 5.65. The van der Waals surface area contributed by atoms with E-state index < -0.39 is 5.91 Å². The van der Waals surface area contributed by atoms with E-state index in [0.29, 0.717) is 24.4 Å². The maximum Gasteiger partial charge on any atom is 0.267 e. The molecule has 2 amide bonds. The number of aromatic amines is 1. The number of imidazole rings is 1. The average Bonchev–Trinajstić information content (AvgIpc) is 3.25. The lowest BCUT2D eigenvalue weighted by molar-refractivity contribution is -0.132. The van der Waals surface area contributed by atoms with Crippen molar-refractivity contribution < 1.29 is 9.59 Å². The topological polar surface area (TPSA) is 92.1 Å². The number of likely N-dealkylation sites (tertiary alicyclic amines) is 1. The minimum atomic E-state index is -0.529. The summed E-state index contributed by atoms with van der Waals surface area (Å²) < 4.78 is 0. The number of primary amides is 1. The molecule has 3 aromatic rings. The number of aromatic nitrogens is 2. The first kappa shape index (κ1) is 19.9. The van der Waals surface area contributed by atoms with Gasteiger partial charge in [-0.15, -0.1) is 0 Å². The van der Waals surface area contributed by atoms with Gasteiger partial charge in [-0.1, -0.05) is 60.7 Å². The Hall–Kier alpha value is -3.41. The molecule has 0 unspecified atom stereocenters. The largest absolute Gasteiger partial charge is 0.364 e. The fraction of sp³-hybridized carbons (Fsp3) is 0.292. The first-order valence-corrected chi connectivity index (χ1v) is 10.4. The summed E-state index contributed by atoms with van der Waals surface area (Å²) in [5.41, 5.74) is 8.51. The number of nitrogens with zero attached hydrogens (tertiary/aromatic N) is 2. The molecule has 6 nitrogen and oxygen atoms in total. The van der Waals surface area contributed by atoms with Crippen LogP contribution in [0.3, 0.4) is 0 Å². The molecule has 1 aromatic heterocycles. The summed E-state index contributed by atoms with van der Waals surface area (Å²) in [6, 6.07) is 19.6. The Labute approximate surface area is 176 Å². The molecule has 1 aliphatic heterocycles. The number of benzene rings is 2. The molecule has 0 spiro atoms. The number of rotatable bonds is 6. The predicted molar refractivity (Wildman–Crippen MR) is 116 cm³/mol. The van der Waals surface area contributed by atoms with Crippen molar-refractivity contribution >= 4 is 11.8 Å². The number of nitrogens with two attached hydrogens (primary N) is 1. The molecule has 4 rings (SSSR count). The average molecular weight is 402 g/mol. The van der Waals surface area contributed by atoms with E-state index in [0.717, 1.165) is 37.2 Å². The molecule has 2 heterocycles. The van der Waals surface area contributed by atoms with Crippen LogP contribution in [-0.4, -0.2) is 39.8 Å². The number of piperidine rings is 1. The van der Waals surface area contributed by atoms with E-state index in [1.807, 2.05) is 65.6 Å². The number of carbonyl (C=O) groups is 2. The first-order valence-electron chi connectivity index (χ1n) is 10.4. The van der Waals surface area contributed by atoms with Gasteiger partial charge in [0.25, 0.3) is 5.91 Å². The highest BCUT2D eigenvalue weighted by molar-refractivity contribution is 5.97. The summed E-state index contributed by atoms with van der Waals surface area (Å²) in [5, 5.41) is 0. The van der Waals surface area contributed by atoms with E-state index in [1.54, 1.807) is 0 Å². The molecule has 1 atom stereocenters. The monoisotopic (exact) mass is 402 g/mol. The Morgan fingerprint density at radius 1 is 1.07 bits per heavy atom. The van der Waals surface area contributed by atoms with Gasteiger partial charge in [-0.05, 0) is 24.8 Å². The van der Waals surface area contributed by atoms with Crippen molar-refractivity contribution in [1.29, 1.82) is 0 Å².